The number of carbonyl (C=O) groups is 1. The highest BCUT2D eigenvalue weighted by Gasteiger charge is 2.53. The van der Waals surface area contributed by atoms with Gasteiger partial charge in [0.25, 0.3) is 0 Å². The van der Waals surface area contributed by atoms with Gasteiger partial charge in [-0.05, 0) is 30.9 Å². The van der Waals surface area contributed by atoms with Crippen molar-refractivity contribution < 1.29 is 9.53 Å². The maximum absolute atomic E-state index is 11.5. The molecule has 3 nitrogen and oxygen atoms in total. The van der Waals surface area contributed by atoms with Gasteiger partial charge < -0.3 is 4.74 Å². The van der Waals surface area contributed by atoms with Crippen molar-refractivity contribution in [2.75, 3.05) is 6.61 Å². The van der Waals surface area contributed by atoms with Crippen LogP contribution in [0, 0.1) is 0 Å². The molecule has 0 bridgehead atoms. The highest BCUT2D eigenvalue weighted by molar-refractivity contribution is 5.83. The molecule has 1 heterocycles. The highest BCUT2D eigenvalue weighted by atomic mass is 16.5. The molecule has 3 heteroatoms. The first kappa shape index (κ1) is 12.4. The zero-order chi connectivity index (χ0) is 13.2. The van der Waals surface area contributed by atoms with Gasteiger partial charge >= 0.3 is 5.97 Å². The Morgan fingerprint density at radius 2 is 2.21 bits per heavy atom. The SMILES string of the molecule is CCOC(=O)/C=C1/CCC2C1N2Cc1ccccc1. The van der Waals surface area contributed by atoms with E-state index in [1.807, 2.05) is 13.0 Å². The maximum Gasteiger partial charge on any atom is 0.330 e. The molecule has 1 saturated carbocycles. The Kier molecular flexibility index (Phi) is 3.38. The zero-order valence-corrected chi connectivity index (χ0v) is 11.2. The molecule has 1 aliphatic carbocycles. The van der Waals surface area contributed by atoms with E-state index in [0.717, 1.165) is 13.0 Å². The van der Waals surface area contributed by atoms with E-state index in [1.54, 1.807) is 6.08 Å². The normalized spacial score (nSPS) is 30.2. The van der Waals surface area contributed by atoms with Gasteiger partial charge in [-0.1, -0.05) is 30.3 Å². The first-order valence-corrected chi connectivity index (χ1v) is 6.96. The molecule has 3 rings (SSSR count). The molecule has 2 aliphatic rings. The molecule has 2 fully saturated rings. The molecule has 0 amide bonds. The fourth-order valence-electron chi connectivity index (χ4n) is 3.08. The van der Waals surface area contributed by atoms with Crippen molar-refractivity contribution >= 4 is 5.97 Å². The second-order valence-corrected chi connectivity index (χ2v) is 5.18. The molecule has 100 valence electrons. The first-order chi connectivity index (χ1) is 9.29. The summed E-state index contributed by atoms with van der Waals surface area (Å²) in [6, 6.07) is 11.6. The lowest BCUT2D eigenvalue weighted by atomic mass is 10.2. The number of likely N-dealkylation sites (tertiary alicyclic amines) is 1. The molecular weight excluding hydrogens is 238 g/mol. The number of ether oxygens (including phenoxy) is 1. The van der Waals surface area contributed by atoms with Crippen LogP contribution in [0.5, 0.6) is 0 Å². The van der Waals surface area contributed by atoms with Gasteiger partial charge in [0, 0.05) is 24.7 Å². The van der Waals surface area contributed by atoms with Crippen LogP contribution in [0.3, 0.4) is 0 Å². The summed E-state index contributed by atoms with van der Waals surface area (Å²) in [6.45, 7) is 3.27. The van der Waals surface area contributed by atoms with Crippen molar-refractivity contribution in [2.24, 2.45) is 0 Å². The molecule has 19 heavy (non-hydrogen) atoms. The molecule has 1 aromatic rings. The van der Waals surface area contributed by atoms with Gasteiger partial charge in [-0.2, -0.15) is 0 Å². The van der Waals surface area contributed by atoms with Crippen molar-refractivity contribution in [1.29, 1.82) is 0 Å². The second-order valence-electron chi connectivity index (χ2n) is 5.18. The van der Waals surface area contributed by atoms with Gasteiger partial charge in [-0.25, -0.2) is 4.79 Å². The minimum Gasteiger partial charge on any atom is -0.463 e. The van der Waals surface area contributed by atoms with Crippen LogP contribution < -0.4 is 0 Å². The van der Waals surface area contributed by atoms with Gasteiger partial charge in [0.1, 0.15) is 0 Å². The maximum atomic E-state index is 11.5. The number of esters is 1. The number of nitrogens with zero attached hydrogens (tertiary/aromatic N) is 1. The third-order valence-electron chi connectivity index (χ3n) is 3.96. The standard InChI is InChI=1S/C16H19NO2/c1-2-19-15(18)10-13-8-9-14-16(13)17(14)11-12-6-4-3-5-7-12/h3-7,10,14,16H,2,8-9,11H2,1H3/b13-10-. The monoisotopic (exact) mass is 257 g/mol. The second kappa shape index (κ2) is 5.17. The van der Waals surface area contributed by atoms with Crippen LogP contribution in [0.4, 0.5) is 0 Å². The fraction of sp³-hybridized carbons (Fsp3) is 0.438. The topological polar surface area (TPSA) is 29.3 Å². The molecule has 0 spiro atoms. The number of benzene rings is 1. The minimum atomic E-state index is -0.190. The van der Waals surface area contributed by atoms with Gasteiger partial charge in [0.05, 0.1) is 6.61 Å². The Hall–Kier alpha value is -1.61. The third-order valence-corrected chi connectivity index (χ3v) is 3.96. The van der Waals surface area contributed by atoms with Crippen LogP contribution in [0.2, 0.25) is 0 Å². The third kappa shape index (κ3) is 2.56. The molecular formula is C16H19NO2. The summed E-state index contributed by atoms with van der Waals surface area (Å²) in [5.41, 5.74) is 2.59. The summed E-state index contributed by atoms with van der Waals surface area (Å²) in [6.07, 6.45) is 3.92. The first-order valence-electron chi connectivity index (χ1n) is 6.96. The van der Waals surface area contributed by atoms with Gasteiger partial charge in [-0.15, -0.1) is 0 Å². The number of carbonyl (C=O) groups excluding carboxylic acids is 1. The van der Waals surface area contributed by atoms with E-state index >= 15 is 0 Å². The average Bonchev–Trinajstić information content (AvgIpc) is 2.91. The quantitative estimate of drug-likeness (QED) is 0.471. The van der Waals surface area contributed by atoms with E-state index in [2.05, 4.69) is 29.2 Å². The van der Waals surface area contributed by atoms with Crippen molar-refractivity contribution in [2.45, 2.75) is 38.4 Å². The van der Waals surface area contributed by atoms with Crippen molar-refractivity contribution in [3.05, 3.63) is 47.5 Å². The Morgan fingerprint density at radius 3 is 2.95 bits per heavy atom. The van der Waals surface area contributed by atoms with Gasteiger partial charge in [0.2, 0.25) is 0 Å². The van der Waals surface area contributed by atoms with E-state index < -0.39 is 0 Å². The summed E-state index contributed by atoms with van der Waals surface area (Å²) in [5.74, 6) is -0.190. The smallest absolute Gasteiger partial charge is 0.330 e. The Labute approximate surface area is 113 Å². The van der Waals surface area contributed by atoms with Gasteiger partial charge in [-0.3, -0.25) is 4.90 Å². The predicted octanol–water partition coefficient (Wildman–Crippen LogP) is 2.52. The predicted molar refractivity (Wildman–Crippen MR) is 73.5 cm³/mol. The molecule has 1 saturated heterocycles. The lowest BCUT2D eigenvalue weighted by molar-refractivity contribution is -0.137. The number of hydrogen-bond acceptors (Lipinski definition) is 3. The fourth-order valence-corrected chi connectivity index (χ4v) is 3.08. The largest absolute Gasteiger partial charge is 0.463 e. The zero-order valence-electron chi connectivity index (χ0n) is 11.2. The van der Waals surface area contributed by atoms with E-state index in [4.69, 9.17) is 4.74 Å². The average molecular weight is 257 g/mol. The number of rotatable bonds is 4. The Bertz CT molecular complexity index is 495. The molecule has 1 aromatic carbocycles. The molecule has 0 aromatic heterocycles. The van der Waals surface area contributed by atoms with Crippen LogP contribution in [-0.4, -0.2) is 29.6 Å². The number of fused-ring (bicyclic) bond motifs is 1. The van der Waals surface area contributed by atoms with E-state index in [0.29, 0.717) is 18.7 Å². The highest BCUT2D eigenvalue weighted by Crippen LogP contribution is 2.46. The number of hydrogen-bond donors (Lipinski definition) is 0. The molecule has 3 atom stereocenters. The van der Waals surface area contributed by atoms with Crippen molar-refractivity contribution in [3.8, 4) is 0 Å². The summed E-state index contributed by atoms with van der Waals surface area (Å²) in [4.78, 5) is 14.0. The van der Waals surface area contributed by atoms with E-state index in [-0.39, 0.29) is 5.97 Å². The van der Waals surface area contributed by atoms with E-state index in [9.17, 15) is 4.79 Å². The summed E-state index contributed by atoms with van der Waals surface area (Å²) >= 11 is 0. The van der Waals surface area contributed by atoms with Crippen molar-refractivity contribution in [3.63, 3.8) is 0 Å². The van der Waals surface area contributed by atoms with Crippen LogP contribution in [0.25, 0.3) is 0 Å². The summed E-state index contributed by atoms with van der Waals surface area (Å²) < 4.78 is 4.99. The molecule has 0 radical (unpaired) electrons. The minimum absolute atomic E-state index is 0.190. The molecule has 1 aliphatic heterocycles. The Balaban J connectivity index is 1.63. The van der Waals surface area contributed by atoms with E-state index in [1.165, 1.54) is 17.6 Å². The van der Waals surface area contributed by atoms with Crippen LogP contribution in [-0.2, 0) is 16.1 Å². The molecule has 0 N–H and O–H groups in total. The Morgan fingerprint density at radius 1 is 1.42 bits per heavy atom. The number of piperidine rings is 1. The van der Waals surface area contributed by atoms with Crippen molar-refractivity contribution in [1.82, 2.24) is 4.90 Å². The lowest BCUT2D eigenvalue weighted by Gasteiger charge is -2.09. The van der Waals surface area contributed by atoms with Crippen LogP contribution >= 0.6 is 0 Å². The van der Waals surface area contributed by atoms with Crippen LogP contribution in [0.1, 0.15) is 25.3 Å². The van der Waals surface area contributed by atoms with Gasteiger partial charge in [0.15, 0.2) is 0 Å². The van der Waals surface area contributed by atoms with Crippen LogP contribution in [0.15, 0.2) is 42.0 Å². The lowest BCUT2D eigenvalue weighted by Crippen LogP contribution is -2.09. The summed E-state index contributed by atoms with van der Waals surface area (Å²) in [7, 11) is 0. The summed E-state index contributed by atoms with van der Waals surface area (Å²) in [5, 5.41) is 0. The molecule has 3 unspecified atom stereocenters.